The van der Waals surface area contributed by atoms with Crippen molar-refractivity contribution >= 4 is 52.2 Å². The number of hydrogen-bond acceptors (Lipinski definition) is 5. The van der Waals surface area contributed by atoms with Crippen LogP contribution < -0.4 is 15.1 Å². The van der Waals surface area contributed by atoms with Gasteiger partial charge in [-0.25, -0.2) is 0 Å². The van der Waals surface area contributed by atoms with Crippen molar-refractivity contribution in [3.8, 4) is 0 Å². The van der Waals surface area contributed by atoms with Crippen molar-refractivity contribution in [2.45, 2.75) is 32.4 Å². The minimum atomic E-state index is -1.06. The molecule has 4 aromatic rings. The van der Waals surface area contributed by atoms with Gasteiger partial charge in [0.15, 0.2) is 0 Å². The fourth-order valence-electron chi connectivity index (χ4n) is 5.33. The van der Waals surface area contributed by atoms with Crippen LogP contribution in [0.1, 0.15) is 52.9 Å². The Bertz CT molecular complexity index is 1720. The summed E-state index contributed by atoms with van der Waals surface area (Å²) < 4.78 is 0. The summed E-state index contributed by atoms with van der Waals surface area (Å²) in [6.45, 7) is 3.80. The van der Waals surface area contributed by atoms with Crippen LogP contribution >= 0.6 is 11.6 Å². The number of rotatable bonds is 10. The van der Waals surface area contributed by atoms with E-state index >= 15 is 0 Å². The number of carbonyl (C=O) groups excluding carboxylic acids is 4. The van der Waals surface area contributed by atoms with Crippen LogP contribution in [0.5, 0.6) is 0 Å². The van der Waals surface area contributed by atoms with E-state index in [2.05, 4.69) is 19.2 Å². The predicted molar refractivity (Wildman–Crippen MR) is 178 cm³/mol. The van der Waals surface area contributed by atoms with Crippen molar-refractivity contribution in [2.24, 2.45) is 0 Å². The van der Waals surface area contributed by atoms with Crippen molar-refractivity contribution in [3.05, 3.63) is 124 Å². The summed E-state index contributed by atoms with van der Waals surface area (Å²) in [6.07, 6.45) is 0. The Morgan fingerprint density at radius 2 is 1.44 bits per heavy atom. The molecule has 0 radical (unpaired) electrons. The van der Waals surface area contributed by atoms with Crippen molar-refractivity contribution in [1.29, 1.82) is 0 Å². The number of para-hydroxylation sites is 1. The third-order valence-electron chi connectivity index (χ3n) is 7.89. The summed E-state index contributed by atoms with van der Waals surface area (Å²) in [4.78, 5) is 58.8. The molecule has 45 heavy (non-hydrogen) atoms. The highest BCUT2D eigenvalue weighted by molar-refractivity contribution is 6.52. The zero-order valence-corrected chi connectivity index (χ0v) is 26.4. The maximum Gasteiger partial charge on any atom is 0.299 e. The second kappa shape index (κ2) is 13.4. The number of nitrogens with zero attached hydrogens (tertiary/aromatic N) is 3. The lowest BCUT2D eigenvalue weighted by molar-refractivity contribution is -0.139. The molecule has 1 N–H and O–H groups in total. The largest absolute Gasteiger partial charge is 0.378 e. The molecule has 0 saturated heterocycles. The van der Waals surface area contributed by atoms with E-state index in [0.29, 0.717) is 22.0 Å². The van der Waals surface area contributed by atoms with Gasteiger partial charge >= 0.3 is 0 Å². The first kappa shape index (κ1) is 31.5. The van der Waals surface area contributed by atoms with Crippen LogP contribution in [0.2, 0.25) is 5.02 Å². The number of ketones is 1. The minimum absolute atomic E-state index is 0.0528. The lowest BCUT2D eigenvalue weighted by atomic mass is 9.97. The van der Waals surface area contributed by atoms with Crippen LogP contribution in [0.3, 0.4) is 0 Å². The Balaban J connectivity index is 1.55. The molecule has 0 fully saturated rings. The normalized spacial score (nSPS) is 13.1. The highest BCUT2D eigenvalue weighted by Crippen LogP contribution is 2.31. The van der Waals surface area contributed by atoms with Crippen LogP contribution in [0.4, 0.5) is 17.1 Å². The van der Waals surface area contributed by atoms with E-state index in [-0.39, 0.29) is 18.0 Å². The van der Waals surface area contributed by atoms with Crippen molar-refractivity contribution in [2.75, 3.05) is 35.8 Å². The summed E-state index contributed by atoms with van der Waals surface area (Å²) in [6, 6.07) is 27.6. The summed E-state index contributed by atoms with van der Waals surface area (Å²) >= 11 is 6.15. The van der Waals surface area contributed by atoms with Crippen LogP contribution in [-0.4, -0.2) is 49.0 Å². The fraction of sp³-hybridized carbons (Fsp3) is 0.222. The number of hydrogen-bond donors (Lipinski definition) is 1. The molecule has 0 aromatic heterocycles. The van der Waals surface area contributed by atoms with Gasteiger partial charge < -0.3 is 15.1 Å². The smallest absolute Gasteiger partial charge is 0.299 e. The van der Waals surface area contributed by atoms with Crippen LogP contribution in [0.15, 0.2) is 97.1 Å². The monoisotopic (exact) mass is 622 g/mol. The Morgan fingerprint density at radius 1 is 0.822 bits per heavy atom. The number of halogens is 1. The average molecular weight is 623 g/mol. The third kappa shape index (κ3) is 6.91. The quantitative estimate of drug-likeness (QED) is 0.205. The molecule has 1 unspecified atom stereocenters. The van der Waals surface area contributed by atoms with E-state index in [1.807, 2.05) is 67.5 Å². The van der Waals surface area contributed by atoms with Gasteiger partial charge in [0.1, 0.15) is 12.6 Å². The van der Waals surface area contributed by atoms with Crippen molar-refractivity contribution in [1.82, 2.24) is 4.90 Å². The van der Waals surface area contributed by atoms with E-state index in [4.69, 9.17) is 11.6 Å². The van der Waals surface area contributed by atoms with Gasteiger partial charge in [0.05, 0.1) is 11.3 Å². The summed E-state index contributed by atoms with van der Waals surface area (Å²) in [5.74, 6) is -2.09. The molecule has 1 heterocycles. The van der Waals surface area contributed by atoms with Gasteiger partial charge in [-0.05, 0) is 71.1 Å². The van der Waals surface area contributed by atoms with Gasteiger partial charge in [-0.3, -0.25) is 24.1 Å². The number of benzene rings is 4. The van der Waals surface area contributed by atoms with Gasteiger partial charge in [0, 0.05) is 37.0 Å². The summed E-state index contributed by atoms with van der Waals surface area (Å²) in [5, 5.41) is 3.53. The Kier molecular flexibility index (Phi) is 9.34. The molecule has 0 spiro atoms. The third-order valence-corrected chi connectivity index (χ3v) is 8.14. The lowest BCUT2D eigenvalue weighted by Gasteiger charge is -2.33. The molecular formula is C36H35ClN4O4. The average Bonchev–Trinajstić information content (AvgIpc) is 3.27. The molecule has 1 aliphatic heterocycles. The van der Waals surface area contributed by atoms with Gasteiger partial charge in [-0.2, -0.15) is 0 Å². The molecule has 8 nitrogen and oxygen atoms in total. The van der Waals surface area contributed by atoms with E-state index in [1.54, 1.807) is 48.5 Å². The zero-order valence-electron chi connectivity index (χ0n) is 25.7. The molecule has 1 aliphatic rings. The second-order valence-corrected chi connectivity index (χ2v) is 12.0. The van der Waals surface area contributed by atoms with Crippen LogP contribution in [0, 0.1) is 0 Å². The number of Topliss-reactive ketones (excluding diaryl/α,β-unsaturated/α-hetero) is 1. The van der Waals surface area contributed by atoms with E-state index in [1.165, 1.54) is 9.80 Å². The maximum atomic E-state index is 14.3. The molecular weight excluding hydrogens is 588 g/mol. The Hall–Kier alpha value is -4.95. The summed E-state index contributed by atoms with van der Waals surface area (Å²) in [7, 11) is 3.86. The molecule has 0 aliphatic carbocycles. The minimum Gasteiger partial charge on any atom is -0.378 e. The fourth-order valence-corrected chi connectivity index (χ4v) is 5.46. The van der Waals surface area contributed by atoms with Crippen LogP contribution in [0.25, 0.3) is 0 Å². The highest BCUT2D eigenvalue weighted by Gasteiger charge is 2.39. The second-order valence-electron chi connectivity index (χ2n) is 11.5. The Morgan fingerprint density at radius 3 is 2.07 bits per heavy atom. The van der Waals surface area contributed by atoms with E-state index in [0.717, 1.165) is 16.8 Å². The predicted octanol–water partition coefficient (Wildman–Crippen LogP) is 6.47. The first-order valence-electron chi connectivity index (χ1n) is 14.7. The lowest BCUT2D eigenvalue weighted by Crippen LogP contribution is -2.46. The molecule has 4 aromatic carbocycles. The molecule has 3 amide bonds. The molecule has 0 saturated carbocycles. The Labute approximate surface area is 268 Å². The topological polar surface area (TPSA) is 90.0 Å². The standard InChI is InChI=1S/C36H35ClN4O4/c1-23(2)25-11-13-26(14-12-25)33(35(44)38-28-17-19-29(20-18-28)39(3)4)41(21-24-9-15-27(37)16-10-24)32(42)22-40-31-8-6-5-7-30(31)34(43)36(40)45/h5-20,23,33H,21-22H2,1-4H3,(H,38,44). The summed E-state index contributed by atoms with van der Waals surface area (Å²) in [5.41, 5.74) is 4.60. The van der Waals surface area contributed by atoms with Crippen LogP contribution in [-0.2, 0) is 20.9 Å². The molecule has 230 valence electrons. The molecule has 1 atom stereocenters. The van der Waals surface area contributed by atoms with Gasteiger partial charge in [-0.15, -0.1) is 0 Å². The van der Waals surface area contributed by atoms with Crippen molar-refractivity contribution < 1.29 is 19.2 Å². The zero-order chi connectivity index (χ0) is 32.2. The number of carbonyl (C=O) groups is 4. The highest BCUT2D eigenvalue weighted by atomic mass is 35.5. The van der Waals surface area contributed by atoms with Gasteiger partial charge in [0.2, 0.25) is 5.91 Å². The number of amides is 3. The first-order chi connectivity index (χ1) is 21.5. The first-order valence-corrected chi connectivity index (χ1v) is 15.1. The maximum absolute atomic E-state index is 14.3. The molecule has 0 bridgehead atoms. The van der Waals surface area contributed by atoms with E-state index in [9.17, 15) is 19.2 Å². The van der Waals surface area contributed by atoms with E-state index < -0.39 is 36.1 Å². The van der Waals surface area contributed by atoms with Gasteiger partial charge in [-0.1, -0.05) is 74.0 Å². The number of fused-ring (bicyclic) bond motifs is 1. The van der Waals surface area contributed by atoms with Gasteiger partial charge in [0.25, 0.3) is 17.6 Å². The molecule has 5 rings (SSSR count). The molecule has 9 heteroatoms. The SMILES string of the molecule is CC(C)c1ccc(C(C(=O)Nc2ccc(N(C)C)cc2)N(Cc2ccc(Cl)cc2)C(=O)CN2C(=O)C(=O)c3ccccc32)cc1. The van der Waals surface area contributed by atoms with Crippen molar-refractivity contribution in [3.63, 3.8) is 0 Å². The number of nitrogens with one attached hydrogen (secondary N) is 1. The number of anilines is 3.